The number of methoxy groups -OCH3 is 3. The number of amides is 2. The molecule has 1 heterocycles. The number of nitrogens with zero attached hydrogens (tertiary/aromatic N) is 1. The zero-order chi connectivity index (χ0) is 20.8. The van der Waals surface area contributed by atoms with Gasteiger partial charge in [-0.2, -0.15) is 0 Å². The molecule has 8 heteroatoms. The van der Waals surface area contributed by atoms with Gasteiger partial charge in [0.05, 0.1) is 27.4 Å². The molecule has 0 radical (unpaired) electrons. The van der Waals surface area contributed by atoms with Gasteiger partial charge in [0.2, 0.25) is 5.91 Å². The first kappa shape index (κ1) is 20.3. The lowest BCUT2D eigenvalue weighted by Gasteiger charge is -2.19. The molecule has 1 aliphatic rings. The molecule has 2 aromatic rings. The van der Waals surface area contributed by atoms with Gasteiger partial charge in [-0.1, -0.05) is 12.1 Å². The summed E-state index contributed by atoms with van der Waals surface area (Å²) in [4.78, 5) is 26.3. The number of nitrogens with one attached hydrogen (secondary N) is 1. The molecule has 1 N–H and O–H groups in total. The van der Waals surface area contributed by atoms with Gasteiger partial charge in [0.25, 0.3) is 5.91 Å². The van der Waals surface area contributed by atoms with Gasteiger partial charge >= 0.3 is 0 Å². The third kappa shape index (κ3) is 4.71. The quantitative estimate of drug-likeness (QED) is 0.730. The first-order valence-corrected chi connectivity index (χ1v) is 9.13. The molecule has 0 aromatic heterocycles. The molecule has 1 fully saturated rings. The third-order valence-corrected chi connectivity index (χ3v) is 4.60. The van der Waals surface area contributed by atoms with Crippen LogP contribution in [0.1, 0.15) is 6.42 Å². The van der Waals surface area contributed by atoms with Crippen LogP contribution in [0.4, 0.5) is 5.69 Å². The van der Waals surface area contributed by atoms with Crippen LogP contribution in [0.15, 0.2) is 42.5 Å². The van der Waals surface area contributed by atoms with E-state index in [1.807, 2.05) is 6.07 Å². The van der Waals surface area contributed by atoms with Crippen LogP contribution in [0.25, 0.3) is 0 Å². The van der Waals surface area contributed by atoms with E-state index < -0.39 is 0 Å². The number of carbonyl (C=O) groups is 2. The number of anilines is 1. The van der Waals surface area contributed by atoms with Crippen molar-refractivity contribution in [3.63, 3.8) is 0 Å². The maximum atomic E-state index is 12.4. The molecule has 0 unspecified atom stereocenters. The highest BCUT2D eigenvalue weighted by Crippen LogP contribution is 2.33. The first-order chi connectivity index (χ1) is 14.0. The Morgan fingerprint density at radius 1 is 1.00 bits per heavy atom. The van der Waals surface area contributed by atoms with Crippen LogP contribution in [0.5, 0.6) is 23.0 Å². The minimum absolute atomic E-state index is 0.0758. The predicted molar refractivity (Wildman–Crippen MR) is 107 cm³/mol. The van der Waals surface area contributed by atoms with E-state index in [0.717, 1.165) is 0 Å². The lowest BCUT2D eigenvalue weighted by atomic mass is 10.2. The Kier molecular flexibility index (Phi) is 6.43. The summed E-state index contributed by atoms with van der Waals surface area (Å²) in [6.07, 6.45) is 0.217. The molecule has 8 nitrogen and oxygen atoms in total. The molecule has 2 aromatic carbocycles. The van der Waals surface area contributed by atoms with Crippen molar-refractivity contribution in [3.05, 3.63) is 42.5 Å². The van der Waals surface area contributed by atoms with Gasteiger partial charge in [-0.15, -0.1) is 0 Å². The number of benzene rings is 2. The molecule has 0 saturated carbocycles. The van der Waals surface area contributed by atoms with Crippen LogP contribution in [0.3, 0.4) is 0 Å². The Bertz CT molecular complexity index is 885. The fourth-order valence-corrected chi connectivity index (χ4v) is 3.20. The van der Waals surface area contributed by atoms with Crippen LogP contribution >= 0.6 is 0 Å². The summed E-state index contributed by atoms with van der Waals surface area (Å²) in [5.41, 5.74) is 0.690. The van der Waals surface area contributed by atoms with Gasteiger partial charge in [0, 0.05) is 24.7 Å². The average Bonchev–Trinajstić information content (AvgIpc) is 3.11. The normalized spacial score (nSPS) is 15.8. The molecule has 154 valence electrons. The molecule has 0 bridgehead atoms. The summed E-state index contributed by atoms with van der Waals surface area (Å²) < 4.78 is 21.2. The summed E-state index contributed by atoms with van der Waals surface area (Å²) in [5.74, 6) is 1.78. The van der Waals surface area contributed by atoms with Crippen molar-refractivity contribution in [2.75, 3.05) is 39.4 Å². The van der Waals surface area contributed by atoms with Crippen molar-refractivity contribution in [2.24, 2.45) is 0 Å². The minimum atomic E-state index is -0.303. The largest absolute Gasteiger partial charge is 0.493 e. The number of hydrogen-bond donors (Lipinski definition) is 1. The number of carbonyl (C=O) groups excluding carboxylic acids is 2. The zero-order valence-electron chi connectivity index (χ0n) is 16.6. The van der Waals surface area contributed by atoms with Crippen molar-refractivity contribution in [3.8, 4) is 23.0 Å². The van der Waals surface area contributed by atoms with E-state index in [1.54, 1.807) is 48.4 Å². The molecule has 1 atom stereocenters. The van der Waals surface area contributed by atoms with E-state index in [-0.39, 0.29) is 30.9 Å². The molecule has 0 aliphatic carbocycles. The highest BCUT2D eigenvalue weighted by atomic mass is 16.5. The highest BCUT2D eigenvalue weighted by molar-refractivity contribution is 5.97. The summed E-state index contributed by atoms with van der Waals surface area (Å²) >= 11 is 0. The van der Waals surface area contributed by atoms with Crippen molar-refractivity contribution in [1.82, 2.24) is 5.32 Å². The molecular formula is C21H24N2O6. The van der Waals surface area contributed by atoms with Crippen LogP contribution in [-0.4, -0.2) is 52.3 Å². The Morgan fingerprint density at radius 2 is 1.66 bits per heavy atom. The molecule has 0 spiro atoms. The van der Waals surface area contributed by atoms with Gasteiger partial charge in [0.1, 0.15) is 0 Å². The molecule has 1 saturated heterocycles. The Morgan fingerprint density at radius 3 is 2.34 bits per heavy atom. The topological polar surface area (TPSA) is 86.3 Å². The summed E-state index contributed by atoms with van der Waals surface area (Å²) in [6, 6.07) is 12.1. The van der Waals surface area contributed by atoms with E-state index >= 15 is 0 Å². The smallest absolute Gasteiger partial charge is 0.258 e. The van der Waals surface area contributed by atoms with Crippen molar-refractivity contribution in [1.29, 1.82) is 0 Å². The second kappa shape index (κ2) is 9.18. The second-order valence-corrected chi connectivity index (χ2v) is 6.45. The molecule has 1 aliphatic heterocycles. The van der Waals surface area contributed by atoms with Gasteiger partial charge in [-0.25, -0.2) is 0 Å². The SMILES string of the molecule is COc1ccc(N2C[C@@H](NC(=O)COc3ccccc3OC)CC2=O)cc1OC. The number of rotatable bonds is 8. The van der Waals surface area contributed by atoms with Crippen molar-refractivity contribution in [2.45, 2.75) is 12.5 Å². The fourth-order valence-electron chi connectivity index (χ4n) is 3.20. The van der Waals surface area contributed by atoms with Gasteiger partial charge < -0.3 is 29.2 Å². The maximum Gasteiger partial charge on any atom is 0.258 e. The lowest BCUT2D eigenvalue weighted by Crippen LogP contribution is -2.39. The highest BCUT2D eigenvalue weighted by Gasteiger charge is 2.32. The predicted octanol–water partition coefficient (Wildman–Crippen LogP) is 2.01. The van der Waals surface area contributed by atoms with E-state index in [2.05, 4.69) is 5.32 Å². The molecular weight excluding hydrogens is 376 g/mol. The number of ether oxygens (including phenoxy) is 4. The van der Waals surface area contributed by atoms with Gasteiger partial charge in [-0.05, 0) is 24.3 Å². The third-order valence-electron chi connectivity index (χ3n) is 4.60. The Hall–Kier alpha value is -3.42. The second-order valence-electron chi connectivity index (χ2n) is 6.45. The Labute approximate surface area is 169 Å². The minimum Gasteiger partial charge on any atom is -0.493 e. The van der Waals surface area contributed by atoms with Crippen LogP contribution < -0.4 is 29.2 Å². The van der Waals surface area contributed by atoms with E-state index in [4.69, 9.17) is 18.9 Å². The fraction of sp³-hybridized carbons (Fsp3) is 0.333. The molecule has 2 amide bonds. The zero-order valence-corrected chi connectivity index (χ0v) is 16.6. The first-order valence-electron chi connectivity index (χ1n) is 9.13. The molecule has 29 heavy (non-hydrogen) atoms. The van der Waals surface area contributed by atoms with Crippen molar-refractivity contribution < 1.29 is 28.5 Å². The average molecular weight is 400 g/mol. The van der Waals surface area contributed by atoms with E-state index in [1.165, 1.54) is 14.2 Å². The lowest BCUT2D eigenvalue weighted by molar-refractivity contribution is -0.123. The van der Waals surface area contributed by atoms with Crippen molar-refractivity contribution >= 4 is 17.5 Å². The maximum absolute atomic E-state index is 12.4. The number of para-hydroxylation sites is 2. The Balaban J connectivity index is 1.58. The van der Waals surface area contributed by atoms with E-state index in [9.17, 15) is 9.59 Å². The van der Waals surface area contributed by atoms with Gasteiger partial charge in [0.15, 0.2) is 29.6 Å². The monoisotopic (exact) mass is 400 g/mol. The molecule has 3 rings (SSSR count). The summed E-state index contributed by atoms with van der Waals surface area (Å²) in [5, 5.41) is 2.84. The van der Waals surface area contributed by atoms with E-state index in [0.29, 0.717) is 35.2 Å². The van der Waals surface area contributed by atoms with Crippen LogP contribution in [-0.2, 0) is 9.59 Å². The van der Waals surface area contributed by atoms with Crippen LogP contribution in [0, 0.1) is 0 Å². The standard InChI is InChI=1S/C21H24N2O6/c1-26-16-6-4-5-7-18(16)29-13-20(24)22-14-10-21(25)23(12-14)15-8-9-17(27-2)19(11-15)28-3/h4-9,11,14H,10,12-13H2,1-3H3,(H,22,24)/t14-/m0/s1. The van der Waals surface area contributed by atoms with Gasteiger partial charge in [-0.3, -0.25) is 9.59 Å². The summed E-state index contributed by atoms with van der Waals surface area (Å²) in [7, 11) is 4.63. The number of hydrogen-bond acceptors (Lipinski definition) is 6. The van der Waals surface area contributed by atoms with Crippen LogP contribution in [0.2, 0.25) is 0 Å². The summed E-state index contributed by atoms with van der Waals surface area (Å²) in [6.45, 7) is 0.205.